The molecule has 0 saturated heterocycles. The first kappa shape index (κ1) is 15.5. The van der Waals surface area contributed by atoms with Crippen LogP contribution in [0.1, 0.15) is 51.0 Å². The lowest BCUT2D eigenvalue weighted by Crippen LogP contribution is -2.14. The summed E-state index contributed by atoms with van der Waals surface area (Å²) in [4.78, 5) is 4.64. The van der Waals surface area contributed by atoms with Gasteiger partial charge >= 0.3 is 0 Å². The molecule has 0 saturated carbocycles. The monoisotopic (exact) mass is 290 g/mol. The summed E-state index contributed by atoms with van der Waals surface area (Å²) in [5.74, 6) is 0.854. The normalized spacial score (nSPS) is 11.6. The predicted molar refractivity (Wildman–Crippen MR) is 89.2 cm³/mol. The zero-order valence-corrected chi connectivity index (χ0v) is 13.5. The minimum atomic E-state index is 0.854. The van der Waals surface area contributed by atoms with Gasteiger partial charge in [0.2, 0.25) is 0 Å². The summed E-state index contributed by atoms with van der Waals surface area (Å²) in [6, 6.07) is 8.36. The third-order valence-electron chi connectivity index (χ3n) is 3.50. The van der Waals surface area contributed by atoms with Crippen molar-refractivity contribution in [1.29, 1.82) is 0 Å². The quantitative estimate of drug-likeness (QED) is 0.658. The van der Waals surface area contributed by atoms with Crippen LogP contribution >= 0.6 is 11.3 Å². The van der Waals surface area contributed by atoms with Crippen LogP contribution in [0.4, 0.5) is 0 Å². The molecule has 0 fully saturated rings. The van der Waals surface area contributed by atoms with Crippen LogP contribution in [0.2, 0.25) is 0 Å². The van der Waals surface area contributed by atoms with Crippen molar-refractivity contribution in [2.24, 2.45) is 5.92 Å². The second-order valence-electron chi connectivity index (χ2n) is 5.85. The Morgan fingerprint density at radius 1 is 1.10 bits per heavy atom. The van der Waals surface area contributed by atoms with Gasteiger partial charge in [-0.1, -0.05) is 51.7 Å². The molecule has 0 unspecified atom stereocenters. The van der Waals surface area contributed by atoms with Crippen LogP contribution in [0.3, 0.4) is 0 Å². The molecule has 0 bridgehead atoms. The fourth-order valence-electron chi connectivity index (χ4n) is 2.35. The first-order chi connectivity index (χ1) is 9.75. The third kappa shape index (κ3) is 5.22. The van der Waals surface area contributed by atoms with Crippen molar-refractivity contribution in [3.05, 3.63) is 29.3 Å². The molecule has 2 aromatic rings. The average Bonchev–Trinajstić information content (AvgIpc) is 2.84. The van der Waals surface area contributed by atoms with Gasteiger partial charge in [0.15, 0.2) is 0 Å². The number of para-hydroxylation sites is 1. The maximum atomic E-state index is 4.64. The second-order valence-corrected chi connectivity index (χ2v) is 6.96. The van der Waals surface area contributed by atoms with Gasteiger partial charge in [-0.05, 0) is 31.0 Å². The van der Waals surface area contributed by atoms with E-state index in [9.17, 15) is 0 Å². The van der Waals surface area contributed by atoms with Gasteiger partial charge < -0.3 is 5.32 Å². The first-order valence-corrected chi connectivity index (χ1v) is 8.62. The van der Waals surface area contributed by atoms with Crippen LogP contribution in [0.25, 0.3) is 10.2 Å². The van der Waals surface area contributed by atoms with Crippen LogP contribution in [-0.4, -0.2) is 11.5 Å². The number of thiazole rings is 1. The second kappa shape index (κ2) is 8.38. The third-order valence-corrected chi connectivity index (χ3v) is 4.54. The number of nitrogens with one attached hydrogen (secondary N) is 1. The number of benzene rings is 1. The van der Waals surface area contributed by atoms with E-state index in [4.69, 9.17) is 0 Å². The molecule has 0 atom stereocenters. The molecule has 3 heteroatoms. The van der Waals surface area contributed by atoms with E-state index in [0.717, 1.165) is 24.5 Å². The lowest BCUT2D eigenvalue weighted by Gasteiger charge is -2.05. The smallest absolute Gasteiger partial charge is 0.108 e. The van der Waals surface area contributed by atoms with Crippen molar-refractivity contribution < 1.29 is 0 Å². The summed E-state index contributed by atoms with van der Waals surface area (Å²) in [5.41, 5.74) is 1.13. The van der Waals surface area contributed by atoms with Crippen molar-refractivity contribution in [2.45, 2.75) is 52.5 Å². The molecule has 1 N–H and O–H groups in total. The van der Waals surface area contributed by atoms with Gasteiger partial charge in [-0.15, -0.1) is 11.3 Å². The predicted octanol–water partition coefficient (Wildman–Crippen LogP) is 4.99. The summed E-state index contributed by atoms with van der Waals surface area (Å²) >= 11 is 1.80. The van der Waals surface area contributed by atoms with Crippen molar-refractivity contribution >= 4 is 21.6 Å². The lowest BCUT2D eigenvalue weighted by atomic mass is 10.0. The maximum absolute atomic E-state index is 4.64. The fourth-order valence-corrected chi connectivity index (χ4v) is 3.28. The highest BCUT2D eigenvalue weighted by atomic mass is 32.1. The van der Waals surface area contributed by atoms with Gasteiger partial charge in [-0.2, -0.15) is 0 Å². The Bertz CT molecular complexity index is 471. The molecular formula is C17H26N2S. The van der Waals surface area contributed by atoms with Gasteiger partial charge in [0.05, 0.1) is 10.2 Å². The number of nitrogens with zero attached hydrogens (tertiary/aromatic N) is 1. The zero-order valence-electron chi connectivity index (χ0n) is 12.7. The van der Waals surface area contributed by atoms with Crippen molar-refractivity contribution in [1.82, 2.24) is 10.3 Å². The molecule has 1 aromatic heterocycles. The molecule has 0 radical (unpaired) electrons. The fraction of sp³-hybridized carbons (Fsp3) is 0.588. The van der Waals surface area contributed by atoms with E-state index in [0.29, 0.717) is 0 Å². The summed E-state index contributed by atoms with van der Waals surface area (Å²) < 4.78 is 1.29. The van der Waals surface area contributed by atoms with E-state index in [1.165, 1.54) is 41.8 Å². The van der Waals surface area contributed by atoms with Crippen molar-refractivity contribution in [2.75, 3.05) is 6.54 Å². The molecule has 1 aromatic carbocycles. The Balaban J connectivity index is 1.57. The highest BCUT2D eigenvalue weighted by Gasteiger charge is 2.02. The molecule has 20 heavy (non-hydrogen) atoms. The van der Waals surface area contributed by atoms with Crippen LogP contribution in [0.15, 0.2) is 24.3 Å². The van der Waals surface area contributed by atoms with Crippen LogP contribution in [0, 0.1) is 5.92 Å². The van der Waals surface area contributed by atoms with Gasteiger partial charge in [0, 0.05) is 6.54 Å². The molecule has 110 valence electrons. The molecule has 2 rings (SSSR count). The zero-order chi connectivity index (χ0) is 14.2. The van der Waals surface area contributed by atoms with Gasteiger partial charge in [0.1, 0.15) is 5.01 Å². The minimum Gasteiger partial charge on any atom is -0.310 e. The summed E-state index contributed by atoms with van der Waals surface area (Å²) in [7, 11) is 0. The van der Waals surface area contributed by atoms with Crippen molar-refractivity contribution in [3.8, 4) is 0 Å². The summed E-state index contributed by atoms with van der Waals surface area (Å²) in [5, 5.41) is 4.71. The Kier molecular flexibility index (Phi) is 6.48. The number of hydrogen-bond donors (Lipinski definition) is 1. The molecule has 0 aliphatic rings. The van der Waals surface area contributed by atoms with Gasteiger partial charge in [-0.3, -0.25) is 0 Å². The van der Waals surface area contributed by atoms with Gasteiger partial charge in [-0.25, -0.2) is 4.98 Å². The number of unbranched alkanes of at least 4 members (excludes halogenated alkanes) is 3. The van der Waals surface area contributed by atoms with E-state index in [-0.39, 0.29) is 0 Å². The number of rotatable bonds is 9. The number of aromatic nitrogens is 1. The Morgan fingerprint density at radius 2 is 1.90 bits per heavy atom. The summed E-state index contributed by atoms with van der Waals surface area (Å²) in [6.07, 6.45) is 6.76. The topological polar surface area (TPSA) is 24.9 Å². The lowest BCUT2D eigenvalue weighted by molar-refractivity contribution is 0.512. The molecule has 0 amide bonds. The first-order valence-electron chi connectivity index (χ1n) is 7.81. The largest absolute Gasteiger partial charge is 0.310 e. The van der Waals surface area contributed by atoms with E-state index in [2.05, 4.69) is 48.4 Å². The molecule has 0 aliphatic carbocycles. The molecule has 1 heterocycles. The standard InChI is InChI=1S/C17H26N2S/c1-14(2)9-5-3-4-8-12-18-13-17-19-15-10-6-7-11-16(15)20-17/h6-7,10-11,14,18H,3-5,8-9,12-13H2,1-2H3. The average molecular weight is 290 g/mol. The van der Waals surface area contributed by atoms with Crippen LogP contribution in [-0.2, 0) is 6.54 Å². The molecule has 0 aliphatic heterocycles. The Morgan fingerprint density at radius 3 is 2.70 bits per heavy atom. The highest BCUT2D eigenvalue weighted by molar-refractivity contribution is 7.18. The van der Waals surface area contributed by atoms with Crippen molar-refractivity contribution in [3.63, 3.8) is 0 Å². The van der Waals surface area contributed by atoms with E-state index in [1.807, 2.05) is 0 Å². The SMILES string of the molecule is CC(C)CCCCCCNCc1nc2ccccc2s1. The highest BCUT2D eigenvalue weighted by Crippen LogP contribution is 2.21. The Hall–Kier alpha value is -0.930. The summed E-state index contributed by atoms with van der Waals surface area (Å²) in [6.45, 7) is 6.63. The van der Waals surface area contributed by atoms with E-state index >= 15 is 0 Å². The molecule has 0 spiro atoms. The Labute approximate surface area is 126 Å². The molecule has 2 nitrogen and oxygen atoms in total. The maximum Gasteiger partial charge on any atom is 0.108 e. The van der Waals surface area contributed by atoms with Crippen LogP contribution < -0.4 is 5.32 Å². The minimum absolute atomic E-state index is 0.854. The molecular weight excluding hydrogens is 264 g/mol. The van der Waals surface area contributed by atoms with E-state index < -0.39 is 0 Å². The number of hydrogen-bond acceptors (Lipinski definition) is 3. The van der Waals surface area contributed by atoms with Gasteiger partial charge in [0.25, 0.3) is 0 Å². The van der Waals surface area contributed by atoms with Crippen LogP contribution in [0.5, 0.6) is 0 Å². The van der Waals surface area contributed by atoms with E-state index in [1.54, 1.807) is 11.3 Å². The number of fused-ring (bicyclic) bond motifs is 1.